The fraction of sp³-hybridized carbons (Fsp3) is 0.273. The molecule has 0 atom stereocenters. The van der Waals surface area contributed by atoms with E-state index in [9.17, 15) is 9.59 Å². The van der Waals surface area contributed by atoms with Crippen molar-refractivity contribution >= 4 is 35.2 Å². The second kappa shape index (κ2) is 11.1. The summed E-state index contributed by atoms with van der Waals surface area (Å²) >= 11 is 6.05. The van der Waals surface area contributed by atoms with Crippen LogP contribution in [-0.2, 0) is 14.3 Å². The standard InChI is InChI=1S/C22H24ClNO6/c1-5-6-15-7-8-18(20(10-15)28-4)29-13-22(26)30-12-21(25)24-17-9-14(2)16(23)11-19(17)27-3/h5-11H,12-13H2,1-4H3,(H,24,25)/b6-5+. The largest absolute Gasteiger partial charge is 0.495 e. The molecule has 0 unspecified atom stereocenters. The molecule has 0 heterocycles. The number of hydrogen-bond donors (Lipinski definition) is 1. The summed E-state index contributed by atoms with van der Waals surface area (Å²) in [5.74, 6) is 0.0811. The van der Waals surface area contributed by atoms with Gasteiger partial charge in [-0.2, -0.15) is 0 Å². The van der Waals surface area contributed by atoms with Gasteiger partial charge >= 0.3 is 5.97 Å². The van der Waals surface area contributed by atoms with Crippen LogP contribution in [0.2, 0.25) is 5.02 Å². The number of carbonyl (C=O) groups excluding carboxylic acids is 2. The van der Waals surface area contributed by atoms with Gasteiger partial charge < -0.3 is 24.3 Å². The van der Waals surface area contributed by atoms with Gasteiger partial charge in [0.05, 0.1) is 19.9 Å². The fourth-order valence-corrected chi connectivity index (χ4v) is 2.69. The van der Waals surface area contributed by atoms with E-state index >= 15 is 0 Å². The second-order valence-corrected chi connectivity index (χ2v) is 6.62. The molecule has 0 spiro atoms. The van der Waals surface area contributed by atoms with Gasteiger partial charge in [-0.05, 0) is 43.2 Å². The van der Waals surface area contributed by atoms with Crippen molar-refractivity contribution < 1.29 is 28.5 Å². The maximum Gasteiger partial charge on any atom is 0.344 e. The molecule has 0 saturated carbocycles. The number of aryl methyl sites for hydroxylation is 1. The number of methoxy groups -OCH3 is 2. The Bertz CT molecular complexity index is 941. The first-order valence-electron chi connectivity index (χ1n) is 9.11. The third kappa shape index (κ3) is 6.42. The SMILES string of the molecule is C/C=C/c1ccc(OCC(=O)OCC(=O)Nc2cc(C)c(Cl)cc2OC)c(OC)c1. The number of anilines is 1. The first kappa shape index (κ1) is 23.1. The highest BCUT2D eigenvalue weighted by atomic mass is 35.5. The van der Waals surface area contributed by atoms with Crippen LogP contribution in [0.15, 0.2) is 36.4 Å². The van der Waals surface area contributed by atoms with Crippen LogP contribution in [-0.4, -0.2) is 39.3 Å². The lowest BCUT2D eigenvalue weighted by molar-refractivity contribution is -0.149. The number of nitrogens with one attached hydrogen (secondary N) is 1. The average molecular weight is 434 g/mol. The summed E-state index contributed by atoms with van der Waals surface area (Å²) in [5.41, 5.74) is 2.14. The van der Waals surface area contributed by atoms with Gasteiger partial charge in [0.25, 0.3) is 5.91 Å². The first-order chi connectivity index (χ1) is 14.4. The Labute approximate surface area is 180 Å². The Kier molecular flexibility index (Phi) is 8.55. The van der Waals surface area contributed by atoms with E-state index in [2.05, 4.69) is 5.32 Å². The summed E-state index contributed by atoms with van der Waals surface area (Å²) < 4.78 is 20.9. The zero-order valence-corrected chi connectivity index (χ0v) is 18.0. The number of amides is 1. The van der Waals surface area contributed by atoms with E-state index in [1.807, 2.05) is 25.1 Å². The van der Waals surface area contributed by atoms with E-state index in [0.717, 1.165) is 11.1 Å². The number of hydrogen-bond acceptors (Lipinski definition) is 6. The molecule has 160 valence electrons. The number of halogens is 1. The molecule has 2 aromatic carbocycles. The highest BCUT2D eigenvalue weighted by molar-refractivity contribution is 6.31. The zero-order valence-electron chi connectivity index (χ0n) is 17.3. The van der Waals surface area contributed by atoms with Crippen molar-refractivity contribution in [2.45, 2.75) is 13.8 Å². The lowest BCUT2D eigenvalue weighted by Crippen LogP contribution is -2.24. The Balaban J connectivity index is 1.88. The fourth-order valence-electron chi connectivity index (χ4n) is 2.54. The van der Waals surface area contributed by atoms with Crippen LogP contribution in [0.5, 0.6) is 17.2 Å². The van der Waals surface area contributed by atoms with Gasteiger partial charge in [-0.1, -0.05) is 29.8 Å². The molecule has 0 fully saturated rings. The van der Waals surface area contributed by atoms with E-state index in [0.29, 0.717) is 28.0 Å². The van der Waals surface area contributed by atoms with Gasteiger partial charge in [-0.25, -0.2) is 4.79 Å². The number of benzene rings is 2. The summed E-state index contributed by atoms with van der Waals surface area (Å²) in [7, 11) is 2.98. The van der Waals surface area contributed by atoms with Gasteiger partial charge in [0, 0.05) is 11.1 Å². The summed E-state index contributed by atoms with van der Waals surface area (Å²) in [6.07, 6.45) is 3.81. The molecule has 0 aliphatic carbocycles. The van der Waals surface area contributed by atoms with Crippen LogP contribution in [0.4, 0.5) is 5.69 Å². The van der Waals surface area contributed by atoms with Crippen LogP contribution in [0.1, 0.15) is 18.1 Å². The first-order valence-corrected chi connectivity index (χ1v) is 9.48. The molecule has 30 heavy (non-hydrogen) atoms. The van der Waals surface area contributed by atoms with Gasteiger partial charge in [0.15, 0.2) is 24.7 Å². The Hall–Kier alpha value is -3.19. The van der Waals surface area contributed by atoms with Crippen molar-refractivity contribution in [2.75, 3.05) is 32.8 Å². The minimum atomic E-state index is -0.691. The highest BCUT2D eigenvalue weighted by Crippen LogP contribution is 2.31. The third-order valence-corrected chi connectivity index (χ3v) is 4.42. The molecule has 0 radical (unpaired) electrons. The van der Waals surface area contributed by atoms with E-state index in [4.69, 9.17) is 30.5 Å². The molecular weight excluding hydrogens is 410 g/mol. The van der Waals surface area contributed by atoms with Crippen LogP contribution < -0.4 is 19.5 Å². The van der Waals surface area contributed by atoms with E-state index < -0.39 is 18.5 Å². The molecule has 0 aromatic heterocycles. The summed E-state index contributed by atoms with van der Waals surface area (Å²) in [5, 5.41) is 3.14. The minimum Gasteiger partial charge on any atom is -0.495 e. The topological polar surface area (TPSA) is 83.1 Å². The third-order valence-electron chi connectivity index (χ3n) is 4.01. The lowest BCUT2D eigenvalue weighted by atomic mass is 10.2. The molecule has 0 bridgehead atoms. The van der Waals surface area contributed by atoms with Crippen molar-refractivity contribution in [2.24, 2.45) is 0 Å². The molecule has 1 amide bonds. The number of allylic oxidation sites excluding steroid dienone is 1. The minimum absolute atomic E-state index is 0.365. The van der Waals surface area contributed by atoms with Crippen LogP contribution >= 0.6 is 11.6 Å². The molecule has 2 rings (SSSR count). The Morgan fingerprint density at radius 3 is 2.43 bits per heavy atom. The molecular formula is C22H24ClNO6. The predicted molar refractivity (Wildman–Crippen MR) is 116 cm³/mol. The van der Waals surface area contributed by atoms with Crippen molar-refractivity contribution in [3.8, 4) is 17.2 Å². The molecule has 8 heteroatoms. The van der Waals surface area contributed by atoms with Gasteiger partial charge in [0.2, 0.25) is 0 Å². The molecule has 1 N–H and O–H groups in total. The van der Waals surface area contributed by atoms with Gasteiger partial charge in [0.1, 0.15) is 5.75 Å². The van der Waals surface area contributed by atoms with Gasteiger partial charge in [-0.15, -0.1) is 0 Å². The summed E-state index contributed by atoms with van der Waals surface area (Å²) in [6, 6.07) is 8.59. The molecule has 0 aliphatic rings. The van der Waals surface area contributed by atoms with Crippen molar-refractivity contribution in [1.82, 2.24) is 0 Å². The quantitative estimate of drug-likeness (QED) is 0.595. The number of ether oxygens (including phenoxy) is 4. The molecule has 7 nitrogen and oxygen atoms in total. The lowest BCUT2D eigenvalue weighted by Gasteiger charge is -2.13. The highest BCUT2D eigenvalue weighted by Gasteiger charge is 2.14. The van der Waals surface area contributed by atoms with Crippen LogP contribution in [0.25, 0.3) is 6.08 Å². The zero-order chi connectivity index (χ0) is 22.1. The predicted octanol–water partition coefficient (Wildman–Crippen LogP) is 4.26. The Morgan fingerprint density at radius 2 is 1.77 bits per heavy atom. The number of rotatable bonds is 9. The van der Waals surface area contributed by atoms with Crippen molar-refractivity contribution in [3.05, 3.63) is 52.6 Å². The van der Waals surface area contributed by atoms with Crippen LogP contribution in [0.3, 0.4) is 0 Å². The molecule has 0 saturated heterocycles. The van der Waals surface area contributed by atoms with E-state index in [1.165, 1.54) is 14.2 Å². The summed E-state index contributed by atoms with van der Waals surface area (Å²) in [4.78, 5) is 24.1. The van der Waals surface area contributed by atoms with Crippen molar-refractivity contribution in [3.63, 3.8) is 0 Å². The number of esters is 1. The molecule has 2 aromatic rings. The second-order valence-electron chi connectivity index (χ2n) is 6.21. The monoisotopic (exact) mass is 433 g/mol. The Morgan fingerprint density at radius 1 is 1.03 bits per heavy atom. The normalized spacial score (nSPS) is 10.6. The smallest absolute Gasteiger partial charge is 0.344 e. The average Bonchev–Trinajstić information content (AvgIpc) is 2.73. The van der Waals surface area contributed by atoms with E-state index in [-0.39, 0.29) is 6.61 Å². The maximum absolute atomic E-state index is 12.1. The molecule has 0 aliphatic heterocycles. The van der Waals surface area contributed by atoms with Crippen LogP contribution in [0, 0.1) is 6.92 Å². The summed E-state index contributed by atoms with van der Waals surface area (Å²) in [6.45, 7) is 2.88. The van der Waals surface area contributed by atoms with Crippen molar-refractivity contribution in [1.29, 1.82) is 0 Å². The maximum atomic E-state index is 12.1. The van der Waals surface area contributed by atoms with Gasteiger partial charge in [-0.3, -0.25) is 4.79 Å². The van der Waals surface area contributed by atoms with E-state index in [1.54, 1.807) is 31.2 Å². The number of carbonyl (C=O) groups is 2.